The van der Waals surface area contributed by atoms with Crippen LogP contribution >= 0.6 is 0 Å². The Kier molecular flexibility index (Phi) is 5.86. The van der Waals surface area contributed by atoms with Crippen LogP contribution < -0.4 is 5.32 Å². The molecule has 0 radical (unpaired) electrons. The summed E-state index contributed by atoms with van der Waals surface area (Å²) in [7, 11) is 0. The molecule has 20 heavy (non-hydrogen) atoms. The molecule has 0 aromatic carbocycles. The van der Waals surface area contributed by atoms with Crippen LogP contribution in [0.25, 0.3) is 0 Å². The maximum Gasteiger partial charge on any atom is 0.317 e. The van der Waals surface area contributed by atoms with Crippen molar-refractivity contribution in [3.8, 4) is 0 Å². The fourth-order valence-electron chi connectivity index (χ4n) is 2.98. The van der Waals surface area contributed by atoms with E-state index in [4.69, 9.17) is 0 Å². The molecule has 0 unspecified atom stereocenters. The Balaban J connectivity index is 1.69. The summed E-state index contributed by atoms with van der Waals surface area (Å²) in [6.07, 6.45) is 4.05. The maximum atomic E-state index is 12.2. The summed E-state index contributed by atoms with van der Waals surface area (Å²) in [6.45, 7) is 13.8. The average molecular weight is 280 g/mol. The highest BCUT2D eigenvalue weighted by Gasteiger charge is 2.24. The Bertz CT molecular complexity index is 318. The Morgan fingerprint density at radius 2 is 1.80 bits per heavy atom. The van der Waals surface area contributed by atoms with E-state index in [1.165, 1.54) is 0 Å². The summed E-state index contributed by atoms with van der Waals surface area (Å²) in [4.78, 5) is 19.0. The molecule has 0 saturated carbocycles. The highest BCUT2D eigenvalue weighted by atomic mass is 16.2. The minimum absolute atomic E-state index is 0.128. The summed E-state index contributed by atoms with van der Waals surface area (Å²) in [5.74, 6) is 0. The number of amides is 2. The number of nitrogens with one attached hydrogen (secondary N) is 1. The third-order valence-corrected chi connectivity index (χ3v) is 4.41. The van der Waals surface area contributed by atoms with Gasteiger partial charge in [-0.15, -0.1) is 6.58 Å². The molecule has 5 heteroatoms. The van der Waals surface area contributed by atoms with Crippen molar-refractivity contribution in [2.75, 3.05) is 52.4 Å². The van der Waals surface area contributed by atoms with Crippen LogP contribution in [0.15, 0.2) is 12.7 Å². The molecule has 2 aliphatic heterocycles. The summed E-state index contributed by atoms with van der Waals surface area (Å²) >= 11 is 0. The molecule has 2 amide bonds. The largest absolute Gasteiger partial charge is 0.335 e. The van der Waals surface area contributed by atoms with Gasteiger partial charge in [-0.1, -0.05) is 13.0 Å². The predicted octanol–water partition coefficient (Wildman–Crippen LogP) is 0.984. The van der Waals surface area contributed by atoms with Gasteiger partial charge in [0.05, 0.1) is 0 Å². The lowest BCUT2D eigenvalue weighted by Crippen LogP contribution is -2.54. The Morgan fingerprint density at radius 1 is 1.15 bits per heavy atom. The second-order valence-electron chi connectivity index (χ2n) is 5.73. The Hall–Kier alpha value is -1.07. The normalized spacial score (nSPS) is 22.8. The summed E-state index contributed by atoms with van der Waals surface area (Å²) in [6, 6.07) is 0.468. The third kappa shape index (κ3) is 4.21. The molecule has 0 spiro atoms. The molecule has 0 atom stereocenters. The van der Waals surface area contributed by atoms with Crippen LogP contribution in [-0.2, 0) is 0 Å². The van der Waals surface area contributed by atoms with Crippen LogP contribution in [0, 0.1) is 0 Å². The zero-order chi connectivity index (χ0) is 14.4. The highest BCUT2D eigenvalue weighted by Crippen LogP contribution is 2.11. The van der Waals surface area contributed by atoms with Crippen molar-refractivity contribution >= 4 is 6.03 Å². The topological polar surface area (TPSA) is 38.8 Å². The number of likely N-dealkylation sites (N-methyl/N-ethyl adjacent to an activating group) is 1. The number of hydrogen-bond acceptors (Lipinski definition) is 3. The van der Waals surface area contributed by atoms with E-state index in [0.29, 0.717) is 6.04 Å². The van der Waals surface area contributed by atoms with Gasteiger partial charge in [-0.2, -0.15) is 0 Å². The van der Waals surface area contributed by atoms with Gasteiger partial charge in [-0.3, -0.25) is 4.90 Å². The quantitative estimate of drug-likeness (QED) is 0.780. The predicted molar refractivity (Wildman–Crippen MR) is 81.9 cm³/mol. The third-order valence-electron chi connectivity index (χ3n) is 4.41. The van der Waals surface area contributed by atoms with Crippen molar-refractivity contribution < 1.29 is 4.79 Å². The smallest absolute Gasteiger partial charge is 0.317 e. The second kappa shape index (κ2) is 7.64. The number of piperidine rings is 1. The van der Waals surface area contributed by atoms with Gasteiger partial charge >= 0.3 is 6.03 Å². The van der Waals surface area contributed by atoms with Crippen LogP contribution in [0.2, 0.25) is 0 Å². The van der Waals surface area contributed by atoms with E-state index in [1.54, 1.807) is 0 Å². The van der Waals surface area contributed by atoms with Crippen molar-refractivity contribution in [2.24, 2.45) is 0 Å². The summed E-state index contributed by atoms with van der Waals surface area (Å²) in [5, 5.41) is 3.20. The van der Waals surface area contributed by atoms with E-state index in [2.05, 4.69) is 28.6 Å². The van der Waals surface area contributed by atoms with Crippen LogP contribution in [-0.4, -0.2) is 79.1 Å². The van der Waals surface area contributed by atoms with Crippen LogP contribution in [0.3, 0.4) is 0 Å². The van der Waals surface area contributed by atoms with E-state index in [0.717, 1.165) is 65.2 Å². The highest BCUT2D eigenvalue weighted by molar-refractivity contribution is 5.74. The molecule has 2 heterocycles. The minimum Gasteiger partial charge on any atom is -0.335 e. The number of carbonyl (C=O) groups excluding carboxylic acids is 1. The SMILES string of the molecule is C=CCN1CCC(NC(=O)N2CCN(CC)CC2)CC1. The Labute approximate surface area is 122 Å². The van der Waals surface area contributed by atoms with Gasteiger partial charge in [0, 0.05) is 51.9 Å². The first-order chi connectivity index (χ1) is 9.72. The van der Waals surface area contributed by atoms with E-state index in [1.807, 2.05) is 11.0 Å². The van der Waals surface area contributed by atoms with Crippen LogP contribution in [0.4, 0.5) is 4.79 Å². The molecule has 0 aromatic rings. The molecular weight excluding hydrogens is 252 g/mol. The molecule has 114 valence electrons. The maximum absolute atomic E-state index is 12.2. The molecule has 2 aliphatic rings. The van der Waals surface area contributed by atoms with Gasteiger partial charge < -0.3 is 15.1 Å². The first-order valence-electron chi connectivity index (χ1n) is 7.84. The lowest BCUT2D eigenvalue weighted by molar-refractivity contribution is 0.135. The average Bonchev–Trinajstić information content (AvgIpc) is 2.49. The van der Waals surface area contributed by atoms with Crippen LogP contribution in [0.1, 0.15) is 19.8 Å². The van der Waals surface area contributed by atoms with Crippen molar-refractivity contribution in [1.29, 1.82) is 0 Å². The first kappa shape index (κ1) is 15.3. The van der Waals surface area contributed by atoms with E-state index in [-0.39, 0.29) is 6.03 Å². The minimum atomic E-state index is 0.128. The lowest BCUT2D eigenvalue weighted by Gasteiger charge is -2.36. The standard InChI is InChI=1S/C15H28N4O/c1-3-7-18-8-5-14(6-9-18)16-15(20)19-12-10-17(4-2)11-13-19/h3,14H,1,4-13H2,2H3,(H,16,20). The van der Waals surface area contributed by atoms with Gasteiger partial charge in [0.15, 0.2) is 0 Å². The summed E-state index contributed by atoms with van der Waals surface area (Å²) < 4.78 is 0. The monoisotopic (exact) mass is 280 g/mol. The van der Waals surface area contributed by atoms with Gasteiger partial charge in [-0.25, -0.2) is 4.79 Å². The summed E-state index contributed by atoms with van der Waals surface area (Å²) in [5.41, 5.74) is 0. The van der Waals surface area contributed by atoms with E-state index >= 15 is 0 Å². The van der Waals surface area contributed by atoms with Gasteiger partial charge in [0.2, 0.25) is 0 Å². The molecule has 0 bridgehead atoms. The molecule has 0 aliphatic carbocycles. The number of hydrogen-bond donors (Lipinski definition) is 1. The fraction of sp³-hybridized carbons (Fsp3) is 0.800. The van der Waals surface area contributed by atoms with E-state index in [9.17, 15) is 4.79 Å². The number of urea groups is 1. The molecule has 5 nitrogen and oxygen atoms in total. The molecule has 2 rings (SSSR count). The lowest BCUT2D eigenvalue weighted by atomic mass is 10.1. The number of nitrogens with zero attached hydrogens (tertiary/aromatic N) is 3. The van der Waals surface area contributed by atoms with Crippen molar-refractivity contribution in [1.82, 2.24) is 20.0 Å². The second-order valence-corrected chi connectivity index (χ2v) is 5.73. The van der Waals surface area contributed by atoms with Crippen molar-refractivity contribution in [2.45, 2.75) is 25.8 Å². The first-order valence-corrected chi connectivity index (χ1v) is 7.84. The number of likely N-dealkylation sites (tertiary alicyclic amines) is 1. The molecule has 2 fully saturated rings. The number of rotatable bonds is 4. The number of carbonyl (C=O) groups is 1. The molecular formula is C15H28N4O. The van der Waals surface area contributed by atoms with Gasteiger partial charge in [-0.05, 0) is 19.4 Å². The van der Waals surface area contributed by atoms with Crippen molar-refractivity contribution in [3.63, 3.8) is 0 Å². The van der Waals surface area contributed by atoms with E-state index < -0.39 is 0 Å². The fourth-order valence-corrected chi connectivity index (χ4v) is 2.98. The van der Waals surface area contributed by atoms with Crippen LogP contribution in [0.5, 0.6) is 0 Å². The van der Waals surface area contributed by atoms with Crippen molar-refractivity contribution in [3.05, 3.63) is 12.7 Å². The zero-order valence-corrected chi connectivity index (χ0v) is 12.7. The molecule has 0 aromatic heterocycles. The molecule has 2 saturated heterocycles. The Morgan fingerprint density at radius 3 is 2.35 bits per heavy atom. The van der Waals surface area contributed by atoms with Gasteiger partial charge in [0.1, 0.15) is 0 Å². The molecule has 1 N–H and O–H groups in total. The zero-order valence-electron chi connectivity index (χ0n) is 12.7. The number of piperazine rings is 1. The van der Waals surface area contributed by atoms with Gasteiger partial charge in [0.25, 0.3) is 0 Å².